The second-order valence-electron chi connectivity index (χ2n) is 4.28. The van der Waals surface area contributed by atoms with Gasteiger partial charge in [-0.3, -0.25) is 4.72 Å². The van der Waals surface area contributed by atoms with Gasteiger partial charge in [0.25, 0.3) is 0 Å². The highest BCUT2D eigenvalue weighted by molar-refractivity contribution is 7.93. The maximum Gasteiger partial charge on any atom is 0.235 e. The van der Waals surface area contributed by atoms with E-state index in [0.717, 1.165) is 12.1 Å². The van der Waals surface area contributed by atoms with Gasteiger partial charge in [0.05, 0.1) is 10.9 Å². The third-order valence-corrected chi connectivity index (χ3v) is 4.84. The van der Waals surface area contributed by atoms with Crippen LogP contribution in [0.25, 0.3) is 0 Å². The molecule has 5 nitrogen and oxygen atoms in total. The molecule has 0 aliphatic carbocycles. The van der Waals surface area contributed by atoms with E-state index in [1.807, 2.05) is 0 Å². The Kier molecular flexibility index (Phi) is 3.91. The molecule has 1 aromatic carbocycles. The van der Waals surface area contributed by atoms with E-state index in [1.54, 1.807) is 0 Å². The van der Waals surface area contributed by atoms with Crippen LogP contribution in [0.2, 0.25) is 0 Å². The van der Waals surface area contributed by atoms with E-state index in [1.165, 1.54) is 0 Å². The Morgan fingerprint density at radius 3 is 2.53 bits per heavy atom. The minimum Gasteiger partial charge on any atom is -0.394 e. The molecule has 0 aromatic heterocycles. The predicted molar refractivity (Wildman–Crippen MR) is 67.2 cm³/mol. The molecule has 0 saturated carbocycles. The average Bonchev–Trinajstić information content (AvgIpc) is 2.40. The zero-order valence-electron chi connectivity index (χ0n) is 10.0. The van der Waals surface area contributed by atoms with E-state index in [-0.39, 0.29) is 5.69 Å². The highest BCUT2D eigenvalue weighted by Crippen LogP contribution is 2.26. The van der Waals surface area contributed by atoms with Gasteiger partial charge < -0.3 is 10.5 Å². The summed E-state index contributed by atoms with van der Waals surface area (Å²) in [5.41, 5.74) is 4.13. The highest BCUT2D eigenvalue weighted by atomic mass is 32.2. The molecular formula is C11H14F2N2O3S. The van der Waals surface area contributed by atoms with Gasteiger partial charge in [0.1, 0.15) is 11.5 Å². The van der Waals surface area contributed by atoms with Crippen molar-refractivity contribution < 1.29 is 21.9 Å². The largest absolute Gasteiger partial charge is 0.394 e. The van der Waals surface area contributed by atoms with Gasteiger partial charge in [0, 0.05) is 13.2 Å². The van der Waals surface area contributed by atoms with Crippen LogP contribution in [0.1, 0.15) is 12.8 Å². The number of nitrogens with two attached hydrogens (primary N) is 1. The van der Waals surface area contributed by atoms with Crippen molar-refractivity contribution in [2.75, 3.05) is 23.7 Å². The Labute approximate surface area is 109 Å². The number of anilines is 2. The molecule has 8 heteroatoms. The van der Waals surface area contributed by atoms with Gasteiger partial charge in [-0.15, -0.1) is 0 Å². The van der Waals surface area contributed by atoms with Gasteiger partial charge in [-0.05, 0) is 25.0 Å². The Morgan fingerprint density at radius 2 is 1.89 bits per heavy atom. The topological polar surface area (TPSA) is 81.4 Å². The third kappa shape index (κ3) is 2.95. The molecule has 1 heterocycles. The number of ether oxygens (including phenoxy) is 1. The fourth-order valence-corrected chi connectivity index (χ4v) is 3.31. The molecule has 0 amide bonds. The van der Waals surface area contributed by atoms with Crippen LogP contribution in [0.4, 0.5) is 20.2 Å². The minimum atomic E-state index is -3.74. The summed E-state index contributed by atoms with van der Waals surface area (Å²) in [6.45, 7) is 0.694. The summed E-state index contributed by atoms with van der Waals surface area (Å²) in [5.74, 6) is -2.03. The predicted octanol–water partition coefficient (Wildman–Crippen LogP) is 1.47. The lowest BCUT2D eigenvalue weighted by molar-refractivity contribution is 0.0984. The average molecular weight is 292 g/mol. The quantitative estimate of drug-likeness (QED) is 0.827. The lowest BCUT2D eigenvalue weighted by Crippen LogP contribution is -2.33. The second-order valence-corrected chi connectivity index (χ2v) is 6.24. The summed E-state index contributed by atoms with van der Waals surface area (Å²) >= 11 is 0. The van der Waals surface area contributed by atoms with Gasteiger partial charge in [-0.25, -0.2) is 17.2 Å². The van der Waals surface area contributed by atoms with E-state index in [9.17, 15) is 17.2 Å². The van der Waals surface area contributed by atoms with Crippen LogP contribution < -0.4 is 10.5 Å². The van der Waals surface area contributed by atoms with Gasteiger partial charge in [0.2, 0.25) is 10.0 Å². The minimum absolute atomic E-state index is 0.341. The van der Waals surface area contributed by atoms with E-state index < -0.39 is 32.6 Å². The first-order chi connectivity index (χ1) is 8.92. The summed E-state index contributed by atoms with van der Waals surface area (Å²) < 4.78 is 57.9. The van der Waals surface area contributed by atoms with Gasteiger partial charge in [-0.1, -0.05) is 0 Å². The Hall–Kier alpha value is -1.41. The van der Waals surface area contributed by atoms with Crippen molar-refractivity contribution in [3.8, 4) is 0 Å². The fraction of sp³-hybridized carbons (Fsp3) is 0.455. The summed E-state index contributed by atoms with van der Waals surface area (Å²) in [7, 11) is -3.74. The van der Waals surface area contributed by atoms with Crippen LogP contribution in [-0.4, -0.2) is 26.9 Å². The van der Waals surface area contributed by atoms with E-state index in [4.69, 9.17) is 10.5 Å². The van der Waals surface area contributed by atoms with Crippen molar-refractivity contribution in [1.82, 2.24) is 0 Å². The summed E-state index contributed by atoms with van der Waals surface area (Å²) in [6.07, 6.45) is 0.682. The van der Waals surface area contributed by atoms with Crippen LogP contribution >= 0.6 is 0 Å². The molecule has 0 radical (unpaired) electrons. The van der Waals surface area contributed by atoms with E-state index >= 15 is 0 Å². The van der Waals surface area contributed by atoms with Crippen molar-refractivity contribution in [2.45, 2.75) is 18.1 Å². The van der Waals surface area contributed by atoms with Crippen molar-refractivity contribution >= 4 is 21.4 Å². The third-order valence-electron chi connectivity index (χ3n) is 2.99. The number of hydrogen-bond donors (Lipinski definition) is 2. The summed E-state index contributed by atoms with van der Waals surface area (Å²) in [6, 6.07) is 1.93. The molecule has 2 rings (SSSR count). The monoisotopic (exact) mass is 292 g/mol. The standard InChI is InChI=1S/C11H14F2N2O3S/c12-8-1-2-9(10(13)11(8)14)15-19(16,17)7-3-5-18-6-4-7/h1-2,7,15H,3-6,14H2. The zero-order valence-corrected chi connectivity index (χ0v) is 10.8. The maximum absolute atomic E-state index is 13.6. The normalized spacial score (nSPS) is 17.4. The van der Waals surface area contributed by atoms with Crippen molar-refractivity contribution in [3.63, 3.8) is 0 Å². The van der Waals surface area contributed by atoms with Crippen molar-refractivity contribution in [1.29, 1.82) is 0 Å². The van der Waals surface area contributed by atoms with Crippen LogP contribution in [0.15, 0.2) is 12.1 Å². The van der Waals surface area contributed by atoms with Crippen molar-refractivity contribution in [2.24, 2.45) is 0 Å². The van der Waals surface area contributed by atoms with E-state index in [2.05, 4.69) is 4.72 Å². The van der Waals surface area contributed by atoms with Crippen LogP contribution in [0.3, 0.4) is 0 Å². The molecule has 19 heavy (non-hydrogen) atoms. The number of benzene rings is 1. The number of halogens is 2. The Morgan fingerprint density at radius 1 is 1.26 bits per heavy atom. The first-order valence-corrected chi connectivity index (χ1v) is 7.29. The molecular weight excluding hydrogens is 278 g/mol. The van der Waals surface area contributed by atoms with Gasteiger partial charge >= 0.3 is 0 Å². The molecule has 0 bridgehead atoms. The van der Waals surface area contributed by atoms with Crippen LogP contribution in [-0.2, 0) is 14.8 Å². The first-order valence-electron chi connectivity index (χ1n) is 5.74. The number of hydrogen-bond acceptors (Lipinski definition) is 4. The summed E-state index contributed by atoms with van der Waals surface area (Å²) in [4.78, 5) is 0. The molecule has 0 unspecified atom stereocenters. The van der Waals surface area contributed by atoms with Crippen molar-refractivity contribution in [3.05, 3.63) is 23.8 Å². The molecule has 3 N–H and O–H groups in total. The SMILES string of the molecule is Nc1c(F)ccc(NS(=O)(=O)C2CCOCC2)c1F. The Bertz CT molecular complexity index is 572. The summed E-state index contributed by atoms with van der Waals surface area (Å²) in [5, 5.41) is -0.646. The Balaban J connectivity index is 2.23. The molecule has 106 valence electrons. The lowest BCUT2D eigenvalue weighted by Gasteiger charge is -2.23. The molecule has 1 aromatic rings. The molecule has 1 fully saturated rings. The first kappa shape index (κ1) is 14.0. The zero-order chi connectivity index (χ0) is 14.0. The lowest BCUT2D eigenvalue weighted by atomic mass is 10.2. The smallest absolute Gasteiger partial charge is 0.235 e. The molecule has 0 spiro atoms. The molecule has 1 saturated heterocycles. The number of sulfonamides is 1. The molecule has 1 aliphatic heterocycles. The maximum atomic E-state index is 13.6. The number of nitrogens with one attached hydrogen (secondary N) is 1. The molecule has 1 aliphatic rings. The fourth-order valence-electron chi connectivity index (χ4n) is 1.87. The van der Waals surface area contributed by atoms with Crippen LogP contribution in [0.5, 0.6) is 0 Å². The highest BCUT2D eigenvalue weighted by Gasteiger charge is 2.28. The molecule has 0 atom stereocenters. The second kappa shape index (κ2) is 5.30. The van der Waals surface area contributed by atoms with Gasteiger partial charge in [0.15, 0.2) is 5.82 Å². The van der Waals surface area contributed by atoms with Gasteiger partial charge in [-0.2, -0.15) is 0 Å². The van der Waals surface area contributed by atoms with Crippen LogP contribution in [0, 0.1) is 11.6 Å². The van der Waals surface area contributed by atoms with E-state index in [0.29, 0.717) is 26.1 Å². The number of nitrogen functional groups attached to an aromatic ring is 1. The number of rotatable bonds is 3.